The van der Waals surface area contributed by atoms with Gasteiger partial charge in [0, 0.05) is 30.1 Å². The smallest absolute Gasteiger partial charge is 0.255 e. The van der Waals surface area contributed by atoms with Crippen LogP contribution in [0.5, 0.6) is 5.75 Å². The molecule has 0 saturated carbocycles. The highest BCUT2D eigenvalue weighted by Gasteiger charge is 2.22. The van der Waals surface area contributed by atoms with Crippen molar-refractivity contribution in [3.63, 3.8) is 0 Å². The number of nitrogens with one attached hydrogen (secondary N) is 3. The first-order valence-electron chi connectivity index (χ1n) is 9.55. The third kappa shape index (κ3) is 5.48. The molecule has 3 aromatic rings. The molecule has 0 radical (unpaired) electrons. The molecule has 0 saturated heterocycles. The zero-order valence-corrected chi connectivity index (χ0v) is 18.3. The van der Waals surface area contributed by atoms with Gasteiger partial charge in [-0.1, -0.05) is 6.07 Å². The number of hydrogen-bond acceptors (Lipinski definition) is 6. The predicted octanol–water partition coefficient (Wildman–Crippen LogP) is 2.18. The zero-order chi connectivity index (χ0) is 23.1. The van der Waals surface area contributed by atoms with Crippen LogP contribution in [-0.2, 0) is 16.6 Å². The minimum atomic E-state index is -3.99. The van der Waals surface area contributed by atoms with Gasteiger partial charge in [-0.25, -0.2) is 13.1 Å². The first kappa shape index (κ1) is 22.9. The Morgan fingerprint density at radius 2 is 1.69 bits per heavy atom. The maximum absolute atomic E-state index is 12.9. The molecule has 166 valence electrons. The predicted molar refractivity (Wildman–Crippen MR) is 119 cm³/mol. The van der Waals surface area contributed by atoms with Gasteiger partial charge in [0.25, 0.3) is 11.8 Å². The SMILES string of the molecule is CNC(=O)c1ccc(NC(=O)c2ccc(OC)c(S(=O)(=O)NCc3ccccn3)c2)cc1. The molecule has 10 heteroatoms. The number of amides is 2. The van der Waals surface area contributed by atoms with Crippen molar-refractivity contribution in [1.82, 2.24) is 15.0 Å². The summed E-state index contributed by atoms with van der Waals surface area (Å²) >= 11 is 0. The van der Waals surface area contributed by atoms with Crippen LogP contribution in [0.4, 0.5) is 5.69 Å². The Bertz CT molecular complexity index is 1210. The summed E-state index contributed by atoms with van der Waals surface area (Å²) in [4.78, 5) is 28.2. The van der Waals surface area contributed by atoms with Gasteiger partial charge < -0.3 is 15.4 Å². The number of aromatic nitrogens is 1. The molecule has 0 aliphatic carbocycles. The van der Waals surface area contributed by atoms with E-state index in [1.54, 1.807) is 48.7 Å². The van der Waals surface area contributed by atoms with Crippen molar-refractivity contribution in [1.29, 1.82) is 0 Å². The Balaban J connectivity index is 1.80. The highest BCUT2D eigenvalue weighted by atomic mass is 32.2. The molecular formula is C22H22N4O5S. The summed E-state index contributed by atoms with van der Waals surface area (Å²) in [5.74, 6) is -0.655. The summed E-state index contributed by atoms with van der Waals surface area (Å²) in [6.45, 7) is -0.0135. The number of sulfonamides is 1. The summed E-state index contributed by atoms with van der Waals surface area (Å²) < 4.78 is 33.4. The largest absolute Gasteiger partial charge is 0.495 e. The number of carbonyl (C=O) groups is 2. The molecule has 0 aliphatic rings. The standard InChI is InChI=1S/C22H22N4O5S/c1-23-21(27)15-6-9-17(10-7-15)26-22(28)16-8-11-19(31-2)20(13-16)32(29,30)25-14-18-5-3-4-12-24-18/h3-13,25H,14H2,1-2H3,(H,23,27)(H,26,28). The number of carbonyl (C=O) groups excluding carboxylic acids is 2. The van der Waals surface area contributed by atoms with E-state index >= 15 is 0 Å². The second-order valence-electron chi connectivity index (χ2n) is 6.62. The minimum Gasteiger partial charge on any atom is -0.495 e. The minimum absolute atomic E-state index is 0.0135. The average molecular weight is 455 g/mol. The van der Waals surface area contributed by atoms with Crippen LogP contribution < -0.4 is 20.1 Å². The Hall–Kier alpha value is -3.76. The first-order valence-corrected chi connectivity index (χ1v) is 11.0. The van der Waals surface area contributed by atoms with Crippen LogP contribution in [0.1, 0.15) is 26.4 Å². The third-order valence-electron chi connectivity index (χ3n) is 4.52. The fraction of sp³-hybridized carbons (Fsp3) is 0.136. The number of ether oxygens (including phenoxy) is 1. The molecule has 2 aromatic carbocycles. The van der Waals surface area contributed by atoms with Gasteiger partial charge in [0.1, 0.15) is 10.6 Å². The molecule has 0 bridgehead atoms. The average Bonchev–Trinajstić information content (AvgIpc) is 2.83. The lowest BCUT2D eigenvalue weighted by atomic mass is 10.1. The van der Waals surface area contributed by atoms with Crippen molar-refractivity contribution in [2.24, 2.45) is 0 Å². The summed E-state index contributed by atoms with van der Waals surface area (Å²) in [5.41, 5.74) is 1.57. The van der Waals surface area contributed by atoms with E-state index in [0.717, 1.165) is 0 Å². The molecule has 0 spiro atoms. The van der Waals surface area contributed by atoms with E-state index in [2.05, 4.69) is 20.3 Å². The fourth-order valence-electron chi connectivity index (χ4n) is 2.83. The van der Waals surface area contributed by atoms with Gasteiger partial charge in [0.15, 0.2) is 0 Å². The van der Waals surface area contributed by atoms with E-state index in [-0.39, 0.29) is 28.7 Å². The van der Waals surface area contributed by atoms with Gasteiger partial charge >= 0.3 is 0 Å². The molecule has 0 atom stereocenters. The number of pyridine rings is 1. The van der Waals surface area contributed by atoms with E-state index in [1.807, 2.05) is 0 Å². The maximum atomic E-state index is 12.9. The quantitative estimate of drug-likeness (QED) is 0.479. The highest BCUT2D eigenvalue weighted by Crippen LogP contribution is 2.25. The van der Waals surface area contributed by atoms with E-state index in [0.29, 0.717) is 16.9 Å². The molecule has 1 aromatic heterocycles. The van der Waals surface area contributed by atoms with Crippen molar-refractivity contribution in [3.8, 4) is 5.75 Å². The Labute approximate surface area is 185 Å². The van der Waals surface area contributed by atoms with Crippen LogP contribution in [-0.4, -0.2) is 39.4 Å². The van der Waals surface area contributed by atoms with E-state index in [1.165, 1.54) is 32.4 Å². The van der Waals surface area contributed by atoms with Gasteiger partial charge in [0.05, 0.1) is 19.3 Å². The van der Waals surface area contributed by atoms with Crippen molar-refractivity contribution < 1.29 is 22.7 Å². The van der Waals surface area contributed by atoms with E-state index < -0.39 is 15.9 Å². The summed E-state index contributed by atoms with van der Waals surface area (Å²) in [6, 6.07) is 15.6. The van der Waals surface area contributed by atoms with Crippen LogP contribution in [0.25, 0.3) is 0 Å². The Morgan fingerprint density at radius 3 is 2.31 bits per heavy atom. The maximum Gasteiger partial charge on any atom is 0.255 e. The monoisotopic (exact) mass is 454 g/mol. The molecule has 0 aliphatic heterocycles. The van der Waals surface area contributed by atoms with Crippen LogP contribution in [0.3, 0.4) is 0 Å². The highest BCUT2D eigenvalue weighted by molar-refractivity contribution is 7.89. The van der Waals surface area contributed by atoms with Crippen LogP contribution >= 0.6 is 0 Å². The van der Waals surface area contributed by atoms with Gasteiger partial charge in [-0.3, -0.25) is 14.6 Å². The molecule has 9 nitrogen and oxygen atoms in total. The van der Waals surface area contributed by atoms with Crippen molar-refractivity contribution in [2.45, 2.75) is 11.4 Å². The number of rotatable bonds is 8. The molecule has 1 heterocycles. The van der Waals surface area contributed by atoms with Crippen LogP contribution in [0.15, 0.2) is 71.8 Å². The lowest BCUT2D eigenvalue weighted by molar-refractivity contribution is 0.0962. The first-order chi connectivity index (χ1) is 15.3. The zero-order valence-electron chi connectivity index (χ0n) is 17.5. The molecule has 32 heavy (non-hydrogen) atoms. The van der Waals surface area contributed by atoms with Crippen LogP contribution in [0, 0.1) is 0 Å². The summed E-state index contributed by atoms with van der Waals surface area (Å²) in [7, 11) is -1.11. The molecule has 3 rings (SSSR count). The van der Waals surface area contributed by atoms with Crippen LogP contribution in [0.2, 0.25) is 0 Å². The molecule has 2 amide bonds. The lowest BCUT2D eigenvalue weighted by Crippen LogP contribution is -2.25. The second kappa shape index (κ2) is 10.0. The summed E-state index contributed by atoms with van der Waals surface area (Å²) in [6.07, 6.45) is 1.57. The van der Waals surface area contributed by atoms with E-state index in [9.17, 15) is 18.0 Å². The topological polar surface area (TPSA) is 126 Å². The fourth-order valence-corrected chi connectivity index (χ4v) is 4.02. The molecule has 0 unspecified atom stereocenters. The van der Waals surface area contributed by atoms with E-state index in [4.69, 9.17) is 4.74 Å². The number of benzene rings is 2. The molecule has 0 fully saturated rings. The number of nitrogens with zero attached hydrogens (tertiary/aromatic N) is 1. The van der Waals surface area contributed by atoms with Crippen molar-refractivity contribution >= 4 is 27.5 Å². The van der Waals surface area contributed by atoms with Gasteiger partial charge in [-0.05, 0) is 54.6 Å². The van der Waals surface area contributed by atoms with Crippen molar-refractivity contribution in [2.75, 3.05) is 19.5 Å². The number of anilines is 1. The number of methoxy groups -OCH3 is 1. The third-order valence-corrected chi connectivity index (χ3v) is 5.94. The van der Waals surface area contributed by atoms with Crippen molar-refractivity contribution in [3.05, 3.63) is 83.7 Å². The lowest BCUT2D eigenvalue weighted by Gasteiger charge is -2.13. The Morgan fingerprint density at radius 1 is 0.969 bits per heavy atom. The number of hydrogen-bond donors (Lipinski definition) is 3. The second-order valence-corrected chi connectivity index (χ2v) is 8.36. The Kier molecular flexibility index (Phi) is 7.18. The molecule has 3 N–H and O–H groups in total. The summed E-state index contributed by atoms with van der Waals surface area (Å²) in [5, 5.41) is 5.19. The van der Waals surface area contributed by atoms with Gasteiger partial charge in [0.2, 0.25) is 10.0 Å². The molecular weight excluding hydrogens is 432 g/mol. The normalized spacial score (nSPS) is 10.9. The van der Waals surface area contributed by atoms with Gasteiger partial charge in [-0.15, -0.1) is 0 Å². The van der Waals surface area contributed by atoms with Gasteiger partial charge in [-0.2, -0.15) is 0 Å².